The van der Waals surface area contributed by atoms with E-state index in [1.54, 1.807) is 143 Å². The van der Waals surface area contributed by atoms with E-state index in [1.165, 1.54) is 188 Å². The standard InChI is InChI=1S/4C10H12.6C4H9NO.2C3H7NO/c4*1-2-6-10-8-4-3-7-9(10)5-1;6*1-4(6)5(2)3;2*1-3(5)4-2/h4*1-2,5-6H,3-4,7-8H2;6*1-3H3;2*1-2H3,(H,4,5). The summed E-state index contributed by atoms with van der Waals surface area (Å²) in [7, 11) is 23.9. The summed E-state index contributed by atoms with van der Waals surface area (Å²) in [6.45, 7) is 12.1. The molecule has 0 spiro atoms. The van der Waals surface area contributed by atoms with Gasteiger partial charge in [0.2, 0.25) is 47.3 Å². The van der Waals surface area contributed by atoms with E-state index in [0.29, 0.717) is 0 Å². The molecular weight excluding hydrogens is 1080 g/mol. The predicted octanol–water partition coefficient (Wildman–Crippen LogP) is 10.3. The van der Waals surface area contributed by atoms with Crippen molar-refractivity contribution in [3.63, 3.8) is 0 Å². The fraction of sp³-hybridized carbons (Fsp3) is 0.543. The Kier molecular flexibility index (Phi) is 52.6. The van der Waals surface area contributed by atoms with Gasteiger partial charge in [0.25, 0.3) is 0 Å². The second-order valence-corrected chi connectivity index (χ2v) is 22.0. The highest BCUT2D eigenvalue weighted by Crippen LogP contribution is 2.22. The lowest BCUT2D eigenvalue weighted by Gasteiger charge is -2.13. The Morgan fingerprint density at radius 3 is 0.384 bits per heavy atom. The first-order chi connectivity index (χ1) is 40.3. The Morgan fingerprint density at radius 2 is 0.326 bits per heavy atom. The number of amides is 8. The first-order valence-corrected chi connectivity index (χ1v) is 30.0. The molecule has 4 aliphatic rings. The Hall–Kier alpha value is -7.36. The lowest BCUT2D eigenvalue weighted by Crippen LogP contribution is -2.17. The maximum atomic E-state index is 10.1. The van der Waals surface area contributed by atoms with Crippen molar-refractivity contribution in [3.05, 3.63) is 142 Å². The molecule has 2 N–H and O–H groups in total. The number of carbonyl (C=O) groups is 8. The third-order valence-electron chi connectivity index (χ3n) is 13.5. The van der Waals surface area contributed by atoms with Gasteiger partial charge in [-0.3, -0.25) is 38.4 Å². The molecule has 16 nitrogen and oxygen atoms in total. The number of fused-ring (bicyclic) bond motifs is 4. The predicted molar refractivity (Wildman–Crippen MR) is 358 cm³/mol. The van der Waals surface area contributed by atoms with Crippen LogP contribution in [0.5, 0.6) is 0 Å². The summed E-state index contributed by atoms with van der Waals surface area (Å²) in [5.74, 6) is 0.565. The first kappa shape index (κ1) is 85.1. The van der Waals surface area contributed by atoms with E-state index in [-0.39, 0.29) is 47.3 Å². The van der Waals surface area contributed by atoms with E-state index in [2.05, 4.69) is 108 Å². The SMILES string of the molecule is CC(=O)N(C)C.CC(=O)N(C)C.CC(=O)N(C)C.CC(=O)N(C)C.CC(=O)N(C)C.CC(=O)N(C)C.CNC(C)=O.CNC(C)=O.c1ccc2c(c1)CCCC2.c1ccc2c(c1)CCCC2.c1ccc2c(c1)CCCC2.c1ccc2c(c1)CCCC2. The largest absolute Gasteiger partial charge is 0.359 e. The van der Waals surface area contributed by atoms with Crippen LogP contribution in [0.15, 0.2) is 97.1 Å². The van der Waals surface area contributed by atoms with E-state index in [0.717, 1.165) is 0 Å². The minimum Gasteiger partial charge on any atom is -0.359 e. The lowest BCUT2D eigenvalue weighted by molar-refractivity contribution is -0.127. The van der Waals surface area contributed by atoms with Gasteiger partial charge in [-0.1, -0.05) is 97.1 Å². The number of hydrogen-bond donors (Lipinski definition) is 2. The maximum absolute atomic E-state index is 10.1. The van der Waals surface area contributed by atoms with E-state index in [4.69, 9.17) is 0 Å². The Morgan fingerprint density at radius 1 is 0.244 bits per heavy atom. The van der Waals surface area contributed by atoms with Crippen molar-refractivity contribution in [1.29, 1.82) is 0 Å². The highest BCUT2D eigenvalue weighted by Gasteiger charge is 2.09. The number of benzene rings is 4. The molecule has 484 valence electrons. The molecule has 4 aromatic carbocycles. The smallest absolute Gasteiger partial charge is 0.218 e. The molecule has 0 saturated carbocycles. The summed E-state index contributed by atoms with van der Waals surface area (Å²) in [5.41, 5.74) is 12.6. The topological polar surface area (TPSA) is 180 Å². The molecule has 0 aliphatic heterocycles. The highest BCUT2D eigenvalue weighted by atomic mass is 16.2. The van der Waals surface area contributed by atoms with Crippen molar-refractivity contribution < 1.29 is 38.4 Å². The zero-order valence-electron chi connectivity index (χ0n) is 57.5. The fourth-order valence-electron chi connectivity index (χ4n) is 6.70. The van der Waals surface area contributed by atoms with E-state index in [1.807, 2.05) is 0 Å². The number of aryl methyl sites for hydroxylation is 8. The number of nitrogens with one attached hydrogen (secondary N) is 2. The Balaban J connectivity index is -0.000000432. The average molecular weight is 1200 g/mol. The van der Waals surface area contributed by atoms with Crippen LogP contribution in [-0.2, 0) is 89.7 Å². The average Bonchev–Trinajstić information content (AvgIpc) is 3.55. The Bertz CT molecular complexity index is 2040. The van der Waals surface area contributed by atoms with Crippen molar-refractivity contribution in [2.75, 3.05) is 98.7 Å². The summed E-state index contributed by atoms with van der Waals surface area (Å²) >= 11 is 0. The minimum absolute atomic E-state index is 0.00463. The van der Waals surface area contributed by atoms with Gasteiger partial charge in [0.1, 0.15) is 0 Å². The first-order valence-electron chi connectivity index (χ1n) is 30.0. The summed E-state index contributed by atoms with van der Waals surface area (Å²) in [6, 6.07) is 35.2. The summed E-state index contributed by atoms with van der Waals surface area (Å²) in [5, 5.41) is 4.78. The van der Waals surface area contributed by atoms with Crippen LogP contribution in [0.25, 0.3) is 0 Å². The van der Waals surface area contributed by atoms with Gasteiger partial charge >= 0.3 is 0 Å². The molecule has 0 fully saturated rings. The molecule has 4 aliphatic carbocycles. The number of nitrogens with zero attached hydrogens (tertiary/aromatic N) is 6. The van der Waals surface area contributed by atoms with Gasteiger partial charge in [-0.25, -0.2) is 0 Å². The van der Waals surface area contributed by atoms with Crippen LogP contribution < -0.4 is 10.6 Å². The molecule has 0 aromatic heterocycles. The van der Waals surface area contributed by atoms with Crippen molar-refractivity contribution in [2.24, 2.45) is 0 Å². The van der Waals surface area contributed by atoms with Gasteiger partial charge in [-0.15, -0.1) is 0 Å². The van der Waals surface area contributed by atoms with Crippen LogP contribution in [0.1, 0.15) is 151 Å². The van der Waals surface area contributed by atoms with Gasteiger partial charge in [0, 0.05) is 154 Å². The van der Waals surface area contributed by atoms with Gasteiger partial charge < -0.3 is 40.0 Å². The zero-order valence-corrected chi connectivity index (χ0v) is 57.5. The van der Waals surface area contributed by atoms with Crippen molar-refractivity contribution in [1.82, 2.24) is 40.0 Å². The van der Waals surface area contributed by atoms with Crippen LogP contribution in [0, 0.1) is 0 Å². The van der Waals surface area contributed by atoms with Crippen molar-refractivity contribution in [3.8, 4) is 0 Å². The molecule has 0 heterocycles. The zero-order chi connectivity index (χ0) is 66.7. The third kappa shape index (κ3) is 51.1. The van der Waals surface area contributed by atoms with E-state index < -0.39 is 0 Å². The molecule has 86 heavy (non-hydrogen) atoms. The van der Waals surface area contributed by atoms with Gasteiger partial charge in [-0.05, 0) is 147 Å². The van der Waals surface area contributed by atoms with E-state index >= 15 is 0 Å². The molecule has 0 unspecified atom stereocenters. The summed E-state index contributed by atoms with van der Waals surface area (Å²) in [6.07, 6.45) is 21.5. The van der Waals surface area contributed by atoms with Crippen LogP contribution in [0.2, 0.25) is 0 Å². The van der Waals surface area contributed by atoms with Gasteiger partial charge in [0.15, 0.2) is 0 Å². The minimum atomic E-state index is 0.00463. The fourth-order valence-corrected chi connectivity index (χ4v) is 6.70. The molecule has 0 bridgehead atoms. The molecule has 4 aromatic rings. The third-order valence-corrected chi connectivity index (χ3v) is 13.5. The Labute approximate surface area is 521 Å². The number of rotatable bonds is 0. The second kappa shape index (κ2) is 53.1. The van der Waals surface area contributed by atoms with Crippen LogP contribution >= 0.6 is 0 Å². The van der Waals surface area contributed by atoms with Crippen LogP contribution in [0.3, 0.4) is 0 Å². The number of hydrogen-bond acceptors (Lipinski definition) is 8. The van der Waals surface area contributed by atoms with Crippen molar-refractivity contribution >= 4 is 47.3 Å². The lowest BCUT2D eigenvalue weighted by atomic mass is 9.92. The molecule has 0 saturated heterocycles. The van der Waals surface area contributed by atoms with E-state index in [9.17, 15) is 38.4 Å². The summed E-state index contributed by atoms with van der Waals surface area (Å²) < 4.78 is 0. The normalized spacial score (nSPS) is 11.7. The summed E-state index contributed by atoms with van der Waals surface area (Å²) in [4.78, 5) is 89.0. The molecule has 16 heteroatoms. The highest BCUT2D eigenvalue weighted by molar-refractivity contribution is 5.74. The van der Waals surface area contributed by atoms with Crippen LogP contribution in [-0.4, -0.2) is 175 Å². The van der Waals surface area contributed by atoms with Gasteiger partial charge in [-0.2, -0.15) is 0 Å². The maximum Gasteiger partial charge on any atom is 0.218 e. The second-order valence-electron chi connectivity index (χ2n) is 22.0. The number of carbonyl (C=O) groups excluding carboxylic acids is 8. The molecular formula is C70H116N8O8. The monoisotopic (exact) mass is 1200 g/mol. The molecule has 0 atom stereocenters. The molecule has 8 amide bonds. The molecule has 8 rings (SSSR count). The molecule has 0 radical (unpaired) electrons. The quantitative estimate of drug-likeness (QED) is 0.175. The van der Waals surface area contributed by atoms with Gasteiger partial charge in [0.05, 0.1) is 0 Å². The van der Waals surface area contributed by atoms with Crippen molar-refractivity contribution in [2.45, 2.75) is 158 Å². The van der Waals surface area contributed by atoms with Crippen LogP contribution in [0.4, 0.5) is 0 Å².